The minimum Gasteiger partial charge on any atom is -0.261 e. The van der Waals surface area contributed by atoms with Crippen LogP contribution in [0.3, 0.4) is 0 Å². The van der Waals surface area contributed by atoms with Crippen LogP contribution >= 0.6 is 15.9 Å². The summed E-state index contributed by atoms with van der Waals surface area (Å²) >= 11 is 3.32. The molecule has 1 rings (SSSR count). The average Bonchev–Trinajstić information content (AvgIpc) is 2.03. The number of aryl methyl sites for hydroxylation is 1. The Kier molecular flexibility index (Phi) is 3.30. The Morgan fingerprint density at radius 1 is 1.64 bits per heavy atom. The zero-order valence-corrected chi connectivity index (χ0v) is 8.01. The number of pyridine rings is 1. The summed E-state index contributed by atoms with van der Waals surface area (Å²) in [5.41, 5.74) is 2.26. The fourth-order valence-corrected chi connectivity index (χ4v) is 1.03. The maximum Gasteiger partial charge on any atom is 0.0444 e. The maximum atomic E-state index is 4.17. The Labute approximate surface area is 75.3 Å². The van der Waals surface area contributed by atoms with Crippen molar-refractivity contribution in [1.29, 1.82) is 0 Å². The van der Waals surface area contributed by atoms with E-state index in [1.54, 1.807) is 6.20 Å². The molecule has 0 unspecified atom stereocenters. The predicted octanol–water partition coefficient (Wildman–Crippen LogP) is 2.80. The SMILES string of the molecule is Cc1ncccc1C=CCBr. The third-order valence-electron chi connectivity index (χ3n) is 1.43. The van der Waals surface area contributed by atoms with Gasteiger partial charge in [0.05, 0.1) is 0 Å². The molecule has 2 heteroatoms. The number of hydrogen-bond donors (Lipinski definition) is 0. The van der Waals surface area contributed by atoms with Crippen molar-refractivity contribution in [3.8, 4) is 0 Å². The number of aromatic nitrogens is 1. The third kappa shape index (κ3) is 2.46. The summed E-state index contributed by atoms with van der Waals surface area (Å²) in [5.74, 6) is 0. The van der Waals surface area contributed by atoms with Gasteiger partial charge in [-0.05, 0) is 18.6 Å². The molecule has 0 aliphatic rings. The van der Waals surface area contributed by atoms with Gasteiger partial charge in [-0.25, -0.2) is 0 Å². The van der Waals surface area contributed by atoms with Crippen LogP contribution in [0, 0.1) is 6.92 Å². The van der Waals surface area contributed by atoms with Crippen molar-refractivity contribution in [3.05, 3.63) is 35.7 Å². The molecule has 0 N–H and O–H groups in total. The summed E-state index contributed by atoms with van der Waals surface area (Å²) < 4.78 is 0. The first kappa shape index (κ1) is 8.47. The summed E-state index contributed by atoms with van der Waals surface area (Å²) in [4.78, 5) is 4.17. The second kappa shape index (κ2) is 4.29. The molecule has 58 valence electrons. The van der Waals surface area contributed by atoms with Gasteiger partial charge in [0.15, 0.2) is 0 Å². The topological polar surface area (TPSA) is 12.9 Å². The highest BCUT2D eigenvalue weighted by Gasteiger charge is 1.90. The van der Waals surface area contributed by atoms with E-state index in [0.29, 0.717) is 0 Å². The van der Waals surface area contributed by atoms with Crippen LogP contribution in [-0.4, -0.2) is 10.3 Å². The van der Waals surface area contributed by atoms with E-state index < -0.39 is 0 Å². The third-order valence-corrected chi connectivity index (χ3v) is 1.81. The van der Waals surface area contributed by atoms with E-state index in [1.807, 2.05) is 13.0 Å². The van der Waals surface area contributed by atoms with Crippen LogP contribution in [0.2, 0.25) is 0 Å². The molecule has 0 saturated carbocycles. The Morgan fingerprint density at radius 3 is 3.09 bits per heavy atom. The van der Waals surface area contributed by atoms with Gasteiger partial charge in [-0.1, -0.05) is 34.1 Å². The molecule has 1 aromatic heterocycles. The minimum absolute atomic E-state index is 0.890. The largest absolute Gasteiger partial charge is 0.261 e. The Morgan fingerprint density at radius 2 is 2.45 bits per heavy atom. The van der Waals surface area contributed by atoms with E-state index in [0.717, 1.165) is 11.0 Å². The van der Waals surface area contributed by atoms with Crippen molar-refractivity contribution in [1.82, 2.24) is 4.98 Å². The lowest BCUT2D eigenvalue weighted by atomic mass is 10.2. The van der Waals surface area contributed by atoms with Crippen LogP contribution in [0.5, 0.6) is 0 Å². The molecule has 0 amide bonds. The fourth-order valence-electron chi connectivity index (χ4n) is 0.844. The van der Waals surface area contributed by atoms with Gasteiger partial charge in [-0.2, -0.15) is 0 Å². The molecule has 0 atom stereocenters. The highest BCUT2D eigenvalue weighted by Crippen LogP contribution is 2.05. The molecule has 1 nitrogen and oxygen atoms in total. The highest BCUT2D eigenvalue weighted by atomic mass is 79.9. The van der Waals surface area contributed by atoms with E-state index in [1.165, 1.54) is 5.56 Å². The molecule has 1 aromatic rings. The minimum atomic E-state index is 0.890. The number of hydrogen-bond acceptors (Lipinski definition) is 1. The highest BCUT2D eigenvalue weighted by molar-refractivity contribution is 9.09. The van der Waals surface area contributed by atoms with E-state index in [9.17, 15) is 0 Å². The van der Waals surface area contributed by atoms with Crippen LogP contribution in [0.25, 0.3) is 6.08 Å². The van der Waals surface area contributed by atoms with Crippen molar-refractivity contribution in [3.63, 3.8) is 0 Å². The van der Waals surface area contributed by atoms with E-state index in [2.05, 4.69) is 39.1 Å². The van der Waals surface area contributed by atoms with Crippen LogP contribution in [0.15, 0.2) is 24.4 Å². The van der Waals surface area contributed by atoms with Crippen molar-refractivity contribution in [2.75, 3.05) is 5.33 Å². The molecule has 11 heavy (non-hydrogen) atoms. The molecule has 0 aromatic carbocycles. The summed E-state index contributed by atoms with van der Waals surface area (Å²) in [7, 11) is 0. The first-order valence-corrected chi connectivity index (χ1v) is 4.61. The van der Waals surface area contributed by atoms with Crippen LogP contribution < -0.4 is 0 Å². The second-order valence-electron chi connectivity index (χ2n) is 2.23. The van der Waals surface area contributed by atoms with Gasteiger partial charge >= 0.3 is 0 Å². The first-order valence-electron chi connectivity index (χ1n) is 3.48. The molecule has 0 fully saturated rings. The predicted molar refractivity (Wildman–Crippen MR) is 51.8 cm³/mol. The van der Waals surface area contributed by atoms with Crippen molar-refractivity contribution >= 4 is 22.0 Å². The normalized spacial score (nSPS) is 10.7. The van der Waals surface area contributed by atoms with Gasteiger partial charge in [0.25, 0.3) is 0 Å². The van der Waals surface area contributed by atoms with E-state index in [4.69, 9.17) is 0 Å². The number of nitrogens with zero attached hydrogens (tertiary/aromatic N) is 1. The van der Waals surface area contributed by atoms with E-state index in [-0.39, 0.29) is 0 Å². The summed E-state index contributed by atoms with van der Waals surface area (Å²) in [6.07, 6.45) is 5.93. The molecular formula is C9H10BrN. The van der Waals surface area contributed by atoms with Gasteiger partial charge in [0.1, 0.15) is 0 Å². The van der Waals surface area contributed by atoms with E-state index >= 15 is 0 Å². The second-order valence-corrected chi connectivity index (χ2v) is 2.88. The molecule has 0 spiro atoms. The number of halogens is 1. The van der Waals surface area contributed by atoms with Gasteiger partial charge < -0.3 is 0 Å². The summed E-state index contributed by atoms with van der Waals surface area (Å²) in [6.45, 7) is 2.01. The Hall–Kier alpha value is -0.630. The quantitative estimate of drug-likeness (QED) is 0.687. The summed E-state index contributed by atoms with van der Waals surface area (Å²) in [5, 5.41) is 0.890. The number of alkyl halides is 1. The number of rotatable bonds is 2. The van der Waals surface area contributed by atoms with Crippen molar-refractivity contribution in [2.24, 2.45) is 0 Å². The van der Waals surface area contributed by atoms with Crippen molar-refractivity contribution in [2.45, 2.75) is 6.92 Å². The fraction of sp³-hybridized carbons (Fsp3) is 0.222. The van der Waals surface area contributed by atoms with Crippen LogP contribution in [-0.2, 0) is 0 Å². The zero-order chi connectivity index (χ0) is 8.10. The Balaban J connectivity index is 2.86. The lowest BCUT2D eigenvalue weighted by Crippen LogP contribution is -1.83. The molecule has 0 radical (unpaired) electrons. The molecule has 0 aliphatic carbocycles. The molecule has 1 heterocycles. The maximum absolute atomic E-state index is 4.17. The van der Waals surface area contributed by atoms with Crippen molar-refractivity contribution < 1.29 is 0 Å². The Bertz CT molecular complexity index is 255. The molecule has 0 aliphatic heterocycles. The smallest absolute Gasteiger partial charge is 0.0444 e. The van der Waals surface area contributed by atoms with Gasteiger partial charge in [0, 0.05) is 17.2 Å². The van der Waals surface area contributed by atoms with Gasteiger partial charge in [-0.15, -0.1) is 0 Å². The lowest BCUT2D eigenvalue weighted by molar-refractivity contribution is 1.19. The van der Waals surface area contributed by atoms with Crippen LogP contribution in [0.4, 0.5) is 0 Å². The lowest BCUT2D eigenvalue weighted by Gasteiger charge is -1.95. The standard InChI is InChI=1S/C9H10BrN/c1-8-9(4-2-6-10)5-3-7-11-8/h2-5,7H,6H2,1H3. The number of allylic oxidation sites excluding steroid dienone is 1. The average molecular weight is 212 g/mol. The summed E-state index contributed by atoms with van der Waals surface area (Å²) in [6, 6.07) is 4.00. The van der Waals surface area contributed by atoms with Gasteiger partial charge in [0.2, 0.25) is 0 Å². The molecule has 0 saturated heterocycles. The monoisotopic (exact) mass is 211 g/mol. The molecular weight excluding hydrogens is 202 g/mol. The zero-order valence-electron chi connectivity index (χ0n) is 6.42. The van der Waals surface area contributed by atoms with Crippen LogP contribution in [0.1, 0.15) is 11.3 Å². The van der Waals surface area contributed by atoms with Gasteiger partial charge in [-0.3, -0.25) is 4.98 Å². The first-order chi connectivity index (χ1) is 5.34. The molecule has 0 bridgehead atoms.